The molecule has 38 heavy (non-hydrogen) atoms. The molecule has 0 aliphatic heterocycles. The molecule has 2 aromatic carbocycles. The van der Waals surface area contributed by atoms with E-state index in [2.05, 4.69) is 30.4 Å². The summed E-state index contributed by atoms with van der Waals surface area (Å²) in [5, 5.41) is 18.6. The van der Waals surface area contributed by atoms with E-state index in [4.69, 9.17) is 15.2 Å². The maximum Gasteiger partial charge on any atom is 0.573 e. The molecule has 0 aliphatic carbocycles. The molecule has 11 nitrogen and oxygen atoms in total. The maximum atomic E-state index is 12.5. The van der Waals surface area contributed by atoms with Crippen LogP contribution in [0.25, 0.3) is 16.6 Å². The van der Waals surface area contributed by atoms with E-state index in [-0.39, 0.29) is 12.1 Å². The number of benzene rings is 2. The first-order valence-electron chi connectivity index (χ1n) is 11.7. The van der Waals surface area contributed by atoms with Gasteiger partial charge in [-0.3, -0.25) is 14.5 Å². The number of aromatic amines is 1. The summed E-state index contributed by atoms with van der Waals surface area (Å²) in [7, 11) is 0. The molecule has 0 fully saturated rings. The van der Waals surface area contributed by atoms with E-state index < -0.39 is 18.0 Å². The van der Waals surface area contributed by atoms with Crippen molar-refractivity contribution < 1.29 is 32.2 Å². The lowest BCUT2D eigenvalue weighted by Crippen LogP contribution is -2.20. The van der Waals surface area contributed by atoms with Crippen LogP contribution < -0.4 is 20.5 Å². The number of primary amides is 1. The van der Waals surface area contributed by atoms with Gasteiger partial charge in [0.2, 0.25) is 5.91 Å². The molecule has 2 heterocycles. The average molecular weight is 534 g/mol. The van der Waals surface area contributed by atoms with Crippen molar-refractivity contribution in [2.45, 2.75) is 25.7 Å². The van der Waals surface area contributed by atoms with Gasteiger partial charge in [0.1, 0.15) is 30.8 Å². The van der Waals surface area contributed by atoms with Gasteiger partial charge in [0.05, 0.1) is 29.4 Å². The van der Waals surface area contributed by atoms with E-state index >= 15 is 0 Å². The smallest absolute Gasteiger partial charge is 0.490 e. The Morgan fingerprint density at radius 2 is 1.87 bits per heavy atom. The lowest BCUT2D eigenvalue weighted by Gasteiger charge is -2.12. The molecule has 14 heteroatoms. The van der Waals surface area contributed by atoms with Gasteiger partial charge < -0.3 is 25.3 Å². The van der Waals surface area contributed by atoms with Crippen molar-refractivity contribution in [3.63, 3.8) is 0 Å². The molecule has 2 aromatic heterocycles. The van der Waals surface area contributed by atoms with Gasteiger partial charge in [-0.2, -0.15) is 5.10 Å². The van der Waals surface area contributed by atoms with Gasteiger partial charge in [-0.15, -0.1) is 23.4 Å². The molecule has 0 radical (unpaired) electrons. The Kier molecular flexibility index (Phi) is 8.76. The number of amides is 1. The Morgan fingerprint density at radius 1 is 1.05 bits per heavy atom. The molecule has 0 aliphatic rings. The number of hydrogen-bond donors (Lipinski definition) is 3. The van der Waals surface area contributed by atoms with Crippen LogP contribution >= 0.6 is 0 Å². The third-order valence-corrected chi connectivity index (χ3v) is 5.41. The third kappa shape index (κ3) is 7.66. The van der Waals surface area contributed by atoms with Crippen molar-refractivity contribution in [3.8, 4) is 17.2 Å². The van der Waals surface area contributed by atoms with Crippen molar-refractivity contribution >= 4 is 16.8 Å². The minimum Gasteiger partial charge on any atom is -0.490 e. The van der Waals surface area contributed by atoms with Crippen molar-refractivity contribution in [2.24, 2.45) is 5.73 Å². The van der Waals surface area contributed by atoms with E-state index in [1.807, 2.05) is 12.1 Å². The molecule has 202 valence electrons. The number of rotatable bonds is 14. The minimum atomic E-state index is -4.86. The summed E-state index contributed by atoms with van der Waals surface area (Å²) < 4.78 is 54.8. The first-order valence-corrected chi connectivity index (χ1v) is 11.7. The number of hydrogen-bond acceptors (Lipinski definition) is 8. The second-order valence-electron chi connectivity index (χ2n) is 8.27. The summed E-state index contributed by atoms with van der Waals surface area (Å²) in [5.41, 5.74) is 7.26. The molecular weight excluding hydrogens is 507 g/mol. The van der Waals surface area contributed by atoms with Crippen LogP contribution in [-0.4, -0.2) is 63.6 Å². The Labute approximate surface area is 215 Å². The number of nitrogens with zero attached hydrogens (tertiary/aromatic N) is 4. The lowest BCUT2D eigenvalue weighted by molar-refractivity contribution is -0.274. The van der Waals surface area contributed by atoms with Crippen LogP contribution in [0, 0.1) is 0 Å². The van der Waals surface area contributed by atoms with Crippen LogP contribution in [0.2, 0.25) is 0 Å². The molecule has 0 saturated carbocycles. The number of aromatic nitrogens is 5. The number of alkyl halides is 3. The van der Waals surface area contributed by atoms with Gasteiger partial charge in [-0.05, 0) is 49.2 Å². The average Bonchev–Trinajstić information content (AvgIpc) is 3.56. The molecule has 0 bridgehead atoms. The Hall–Kier alpha value is -4.17. The zero-order valence-electron chi connectivity index (χ0n) is 20.2. The van der Waals surface area contributed by atoms with Crippen LogP contribution in [-0.2, 0) is 11.3 Å². The van der Waals surface area contributed by atoms with E-state index in [0.717, 1.165) is 35.5 Å². The summed E-state index contributed by atoms with van der Waals surface area (Å²) in [6.45, 7) is 2.12. The summed E-state index contributed by atoms with van der Waals surface area (Å²) in [6, 6.07) is 7.42. The number of H-pyrrole nitrogens is 1. The highest BCUT2D eigenvalue weighted by molar-refractivity contribution is 5.93. The topological polar surface area (TPSA) is 142 Å². The van der Waals surface area contributed by atoms with Crippen LogP contribution in [0.5, 0.6) is 11.5 Å². The largest absolute Gasteiger partial charge is 0.573 e. The van der Waals surface area contributed by atoms with Gasteiger partial charge in [-0.1, -0.05) is 0 Å². The van der Waals surface area contributed by atoms with Gasteiger partial charge >= 0.3 is 6.36 Å². The van der Waals surface area contributed by atoms with Crippen molar-refractivity contribution in [1.29, 1.82) is 0 Å². The quantitative estimate of drug-likeness (QED) is 0.210. The van der Waals surface area contributed by atoms with Gasteiger partial charge in [0, 0.05) is 24.8 Å². The molecule has 4 rings (SSSR count). The van der Waals surface area contributed by atoms with E-state index in [1.54, 1.807) is 23.4 Å². The van der Waals surface area contributed by atoms with Crippen molar-refractivity contribution in [1.82, 2.24) is 30.3 Å². The molecule has 0 saturated heterocycles. The number of ether oxygens (including phenoxy) is 3. The number of unbranched alkanes of at least 4 members (excludes halogenated alkanes) is 1. The van der Waals surface area contributed by atoms with Crippen LogP contribution in [0.15, 0.2) is 49.2 Å². The first kappa shape index (κ1) is 26.9. The zero-order chi connectivity index (χ0) is 27.0. The van der Waals surface area contributed by atoms with Gasteiger partial charge in [0.15, 0.2) is 0 Å². The Bertz CT molecular complexity index is 1340. The van der Waals surface area contributed by atoms with Crippen LogP contribution in [0.4, 0.5) is 13.2 Å². The number of fused-ring (bicyclic) bond motifs is 1. The molecule has 1 amide bonds. The molecule has 4 aromatic rings. The minimum absolute atomic E-state index is 0.0573. The van der Waals surface area contributed by atoms with Crippen LogP contribution in [0.3, 0.4) is 0 Å². The highest BCUT2D eigenvalue weighted by atomic mass is 19.4. The highest BCUT2D eigenvalue weighted by Crippen LogP contribution is 2.28. The van der Waals surface area contributed by atoms with Gasteiger partial charge in [-0.25, -0.2) is 0 Å². The fraction of sp³-hybridized carbons (Fsp3) is 0.333. The fourth-order valence-electron chi connectivity index (χ4n) is 3.70. The molecule has 4 N–H and O–H groups in total. The lowest BCUT2D eigenvalue weighted by atomic mass is 10.1. The number of halogens is 3. The monoisotopic (exact) mass is 533 g/mol. The van der Waals surface area contributed by atoms with Gasteiger partial charge in [0.25, 0.3) is 0 Å². The maximum absolute atomic E-state index is 12.5. The molecular formula is C24H26F3N7O4. The van der Waals surface area contributed by atoms with Crippen LogP contribution in [0.1, 0.15) is 28.8 Å². The van der Waals surface area contributed by atoms with E-state index in [1.165, 1.54) is 12.1 Å². The summed E-state index contributed by atoms with van der Waals surface area (Å²) in [4.78, 5) is 11.4. The number of carbonyl (C=O) groups excluding carboxylic acids is 1. The van der Waals surface area contributed by atoms with E-state index in [9.17, 15) is 18.0 Å². The predicted octanol–water partition coefficient (Wildman–Crippen LogP) is 3.11. The number of nitrogens with two attached hydrogens (primary N) is 1. The number of nitrogens with one attached hydrogen (secondary N) is 2. The fourth-order valence-corrected chi connectivity index (χ4v) is 3.70. The Morgan fingerprint density at radius 3 is 2.63 bits per heavy atom. The SMILES string of the molecule is NC(=O)c1cc(CNCCCCOCCOc2cc(-n3cnnc3)cc3[nH]ncc23)cc(OC(F)(F)F)c1. The summed E-state index contributed by atoms with van der Waals surface area (Å²) >= 11 is 0. The molecule has 0 unspecified atom stereocenters. The molecule has 0 atom stereocenters. The normalized spacial score (nSPS) is 11.7. The molecule has 0 spiro atoms. The summed E-state index contributed by atoms with van der Waals surface area (Å²) in [5.74, 6) is -0.658. The predicted molar refractivity (Wildman–Crippen MR) is 130 cm³/mol. The second kappa shape index (κ2) is 12.4. The highest BCUT2D eigenvalue weighted by Gasteiger charge is 2.31. The second-order valence-corrected chi connectivity index (χ2v) is 8.27. The standard InChI is InChI=1S/C24H26F3N7O4/c25-24(26,27)38-19-8-16(7-17(9-19)23(28)35)12-29-3-1-2-4-36-5-6-37-22-11-18(34-14-31-32-15-34)10-21-20(22)13-30-33-21/h7-11,13-15,29H,1-6,12H2,(H2,28,35)(H,30,33). The first-order chi connectivity index (χ1) is 18.3. The summed E-state index contributed by atoms with van der Waals surface area (Å²) in [6.07, 6.45) is 1.57. The van der Waals surface area contributed by atoms with Crippen molar-refractivity contribution in [3.05, 3.63) is 60.3 Å². The van der Waals surface area contributed by atoms with E-state index in [0.29, 0.717) is 37.7 Å². The third-order valence-electron chi connectivity index (χ3n) is 5.41. The number of carbonyl (C=O) groups is 1. The zero-order valence-corrected chi connectivity index (χ0v) is 20.2. The van der Waals surface area contributed by atoms with Crippen molar-refractivity contribution in [2.75, 3.05) is 26.4 Å². The Balaban J connectivity index is 1.14.